The van der Waals surface area contributed by atoms with Gasteiger partial charge in [0.05, 0.1) is 12.3 Å². The number of thioether (sulfide) groups is 1. The fourth-order valence-electron chi connectivity index (χ4n) is 3.04. The van der Waals surface area contributed by atoms with Crippen LogP contribution < -0.4 is 5.32 Å². The van der Waals surface area contributed by atoms with Gasteiger partial charge in [-0.25, -0.2) is 0 Å². The largest absolute Gasteiger partial charge is 0.480 e. The lowest BCUT2D eigenvalue weighted by Gasteiger charge is -2.42. The molecular weight excluding hydrogens is 336 g/mol. The highest BCUT2D eigenvalue weighted by Gasteiger charge is 2.34. The zero-order valence-electron chi connectivity index (χ0n) is 15.2. The maximum absolute atomic E-state index is 12.1. The lowest BCUT2D eigenvalue weighted by molar-refractivity contribution is -0.139. The summed E-state index contributed by atoms with van der Waals surface area (Å²) < 4.78 is 0. The topological polar surface area (TPSA) is 69.6 Å². The van der Waals surface area contributed by atoms with Crippen LogP contribution in [0.1, 0.15) is 45.1 Å². The summed E-state index contributed by atoms with van der Waals surface area (Å²) in [7, 11) is 0. The van der Waals surface area contributed by atoms with Crippen molar-refractivity contribution >= 4 is 23.6 Å². The number of benzene rings is 1. The maximum Gasteiger partial charge on any atom is 0.317 e. The Bertz CT molecular complexity index is 583. The zero-order valence-corrected chi connectivity index (χ0v) is 16.0. The van der Waals surface area contributed by atoms with Gasteiger partial charge in [0, 0.05) is 17.0 Å². The van der Waals surface area contributed by atoms with Crippen LogP contribution in [0.2, 0.25) is 0 Å². The fraction of sp³-hybridized carbons (Fsp3) is 0.579. The first-order chi connectivity index (χ1) is 11.9. The molecule has 2 rings (SSSR count). The molecule has 1 aliphatic rings. The molecule has 25 heavy (non-hydrogen) atoms. The number of carboxylic acids is 1. The van der Waals surface area contributed by atoms with E-state index >= 15 is 0 Å². The molecule has 5 nitrogen and oxygen atoms in total. The Labute approximate surface area is 154 Å². The predicted octanol–water partition coefficient (Wildman–Crippen LogP) is 2.96. The van der Waals surface area contributed by atoms with Gasteiger partial charge in [-0.05, 0) is 43.0 Å². The summed E-state index contributed by atoms with van der Waals surface area (Å²) in [4.78, 5) is 26.0. The summed E-state index contributed by atoms with van der Waals surface area (Å²) in [5.74, 6) is 0.170. The highest BCUT2D eigenvalue weighted by atomic mass is 32.2. The zero-order chi connectivity index (χ0) is 18.4. The van der Waals surface area contributed by atoms with E-state index in [1.807, 2.05) is 11.8 Å². The number of amides is 1. The third-order valence-corrected chi connectivity index (χ3v) is 5.67. The van der Waals surface area contributed by atoms with Crippen LogP contribution in [0.4, 0.5) is 0 Å². The Morgan fingerprint density at radius 1 is 1.28 bits per heavy atom. The molecule has 1 fully saturated rings. The quantitative estimate of drug-likeness (QED) is 0.659. The van der Waals surface area contributed by atoms with E-state index in [-0.39, 0.29) is 24.5 Å². The molecule has 0 heterocycles. The minimum atomic E-state index is -0.797. The highest BCUT2D eigenvalue weighted by Crippen LogP contribution is 2.26. The number of carbonyl (C=O) groups is 2. The summed E-state index contributed by atoms with van der Waals surface area (Å²) in [5, 5.41) is 12.0. The second-order valence-electron chi connectivity index (χ2n) is 6.86. The van der Waals surface area contributed by atoms with Crippen molar-refractivity contribution in [1.29, 1.82) is 0 Å². The van der Waals surface area contributed by atoms with Gasteiger partial charge in [0.15, 0.2) is 0 Å². The summed E-state index contributed by atoms with van der Waals surface area (Å²) in [6.07, 6.45) is 1.67. The molecule has 0 aromatic heterocycles. The van der Waals surface area contributed by atoms with Crippen molar-refractivity contribution in [2.45, 2.75) is 56.5 Å². The Morgan fingerprint density at radius 3 is 2.44 bits per heavy atom. The number of nitrogens with one attached hydrogen (secondary N) is 1. The molecule has 138 valence electrons. The number of aliphatic carboxylic acids is 1. The predicted molar refractivity (Wildman–Crippen MR) is 101 cm³/mol. The smallest absolute Gasteiger partial charge is 0.317 e. The maximum atomic E-state index is 12.1. The van der Waals surface area contributed by atoms with Crippen LogP contribution in [-0.4, -0.2) is 52.8 Å². The molecule has 1 aromatic carbocycles. The molecule has 2 N–H and O–H groups in total. The van der Waals surface area contributed by atoms with E-state index in [4.69, 9.17) is 5.11 Å². The first kappa shape index (κ1) is 19.8. The van der Waals surface area contributed by atoms with Crippen LogP contribution in [-0.2, 0) is 9.59 Å². The summed E-state index contributed by atoms with van der Waals surface area (Å²) in [6, 6.07) is 8.80. The van der Waals surface area contributed by atoms with Gasteiger partial charge < -0.3 is 10.4 Å². The Morgan fingerprint density at radius 2 is 1.92 bits per heavy atom. The lowest BCUT2D eigenvalue weighted by Crippen LogP contribution is -2.55. The molecule has 0 bridgehead atoms. The van der Waals surface area contributed by atoms with Crippen LogP contribution in [0, 0.1) is 0 Å². The molecular formula is C19H28N2O3S. The average Bonchev–Trinajstić information content (AvgIpc) is 2.54. The van der Waals surface area contributed by atoms with Crippen LogP contribution in [0.5, 0.6) is 0 Å². The number of nitrogens with zero attached hydrogens (tertiary/aromatic N) is 1. The van der Waals surface area contributed by atoms with E-state index in [1.165, 1.54) is 5.56 Å². The third-order valence-electron chi connectivity index (χ3n) is 4.66. The number of hydrogen-bond donors (Lipinski definition) is 2. The second kappa shape index (κ2) is 9.25. The average molecular weight is 365 g/mol. The minimum Gasteiger partial charge on any atom is -0.480 e. The van der Waals surface area contributed by atoms with Crippen molar-refractivity contribution in [2.24, 2.45) is 0 Å². The second-order valence-corrected chi connectivity index (χ2v) is 7.91. The first-order valence-corrected chi connectivity index (χ1v) is 9.85. The molecule has 0 unspecified atom stereocenters. The van der Waals surface area contributed by atoms with Crippen LogP contribution in [0.25, 0.3) is 0 Å². The highest BCUT2D eigenvalue weighted by molar-refractivity contribution is 8.00. The van der Waals surface area contributed by atoms with Crippen molar-refractivity contribution in [3.05, 3.63) is 29.8 Å². The van der Waals surface area contributed by atoms with Crippen molar-refractivity contribution in [3.8, 4) is 0 Å². The van der Waals surface area contributed by atoms with Gasteiger partial charge in [-0.1, -0.05) is 32.9 Å². The molecule has 0 aliphatic heterocycles. The van der Waals surface area contributed by atoms with Crippen LogP contribution in [0.15, 0.2) is 29.2 Å². The number of carboxylic acid groups (broad SMARTS) is 1. The number of hydrogen-bond acceptors (Lipinski definition) is 4. The number of likely N-dealkylation sites (N-methyl/N-ethyl adjacent to an activating group) is 1. The van der Waals surface area contributed by atoms with Gasteiger partial charge in [-0.2, -0.15) is 0 Å². The molecule has 0 radical (unpaired) electrons. The minimum absolute atomic E-state index is 0.0441. The Hall–Kier alpha value is -1.53. The Balaban J connectivity index is 1.69. The molecule has 1 amide bonds. The van der Waals surface area contributed by atoms with E-state index in [9.17, 15) is 9.59 Å². The molecule has 0 spiro atoms. The number of rotatable bonds is 9. The van der Waals surface area contributed by atoms with Crippen molar-refractivity contribution in [2.75, 3.05) is 18.8 Å². The van der Waals surface area contributed by atoms with Crippen molar-refractivity contribution in [3.63, 3.8) is 0 Å². The van der Waals surface area contributed by atoms with E-state index in [2.05, 4.69) is 43.4 Å². The lowest BCUT2D eigenvalue weighted by atomic mass is 9.85. The van der Waals surface area contributed by atoms with Gasteiger partial charge >= 0.3 is 5.97 Å². The molecule has 1 saturated carbocycles. The molecule has 6 heteroatoms. The van der Waals surface area contributed by atoms with E-state index in [0.29, 0.717) is 11.7 Å². The van der Waals surface area contributed by atoms with E-state index < -0.39 is 5.97 Å². The fourth-order valence-corrected chi connectivity index (χ4v) is 3.75. The van der Waals surface area contributed by atoms with Gasteiger partial charge in [0.25, 0.3) is 0 Å². The third kappa shape index (κ3) is 6.04. The van der Waals surface area contributed by atoms with Crippen LogP contribution >= 0.6 is 11.8 Å². The molecule has 1 aliphatic carbocycles. The summed E-state index contributed by atoms with van der Waals surface area (Å²) >= 11 is 1.55. The van der Waals surface area contributed by atoms with E-state index in [1.54, 1.807) is 11.8 Å². The summed E-state index contributed by atoms with van der Waals surface area (Å²) in [6.45, 7) is 7.09. The molecule has 0 atom stereocenters. The van der Waals surface area contributed by atoms with Gasteiger partial charge in [-0.3, -0.25) is 14.5 Å². The van der Waals surface area contributed by atoms with E-state index in [0.717, 1.165) is 24.3 Å². The monoisotopic (exact) mass is 364 g/mol. The van der Waals surface area contributed by atoms with Crippen LogP contribution in [0.3, 0.4) is 0 Å². The van der Waals surface area contributed by atoms with Gasteiger partial charge in [-0.15, -0.1) is 11.8 Å². The SMILES string of the molecule is CCN(CC(=O)O)C1CC(NC(=O)CSc2ccc(C(C)C)cc2)C1. The first-order valence-electron chi connectivity index (χ1n) is 8.87. The standard InChI is InChI=1S/C19H28N2O3S/c1-4-21(11-19(23)24)16-9-15(10-16)20-18(22)12-25-17-7-5-14(6-8-17)13(2)3/h5-8,13,15-16H,4,9-12H2,1-3H3,(H,20,22)(H,23,24). The van der Waals surface area contributed by atoms with Gasteiger partial charge in [0.1, 0.15) is 0 Å². The molecule has 1 aromatic rings. The number of carbonyl (C=O) groups excluding carboxylic acids is 1. The van der Waals surface area contributed by atoms with Crippen molar-refractivity contribution in [1.82, 2.24) is 10.2 Å². The Kier molecular flexibility index (Phi) is 7.32. The van der Waals surface area contributed by atoms with Crippen molar-refractivity contribution < 1.29 is 14.7 Å². The summed E-state index contributed by atoms with van der Waals surface area (Å²) in [5.41, 5.74) is 1.30. The molecule has 0 saturated heterocycles. The van der Waals surface area contributed by atoms with Gasteiger partial charge in [0.2, 0.25) is 5.91 Å². The normalized spacial score (nSPS) is 19.7.